The minimum atomic E-state index is -3.64. The Kier molecular flexibility index (Phi) is 7.21. The standard InChI is InChI=1S/C23H24N2O4S/c1-18(20-10-6-3-7-11-20)25-23(26)17-29-21-12-14-22(15-13-21)30(27,28)24-16-19-8-4-2-5-9-19/h2-15,18,24H,16-17H2,1H3,(H,25,26)/t18-/m0/s1. The van der Waals surface area contributed by atoms with E-state index in [-0.39, 0.29) is 30.0 Å². The fourth-order valence-corrected chi connectivity index (χ4v) is 3.85. The van der Waals surface area contributed by atoms with Crippen molar-refractivity contribution in [3.63, 3.8) is 0 Å². The summed E-state index contributed by atoms with van der Waals surface area (Å²) in [6.45, 7) is 1.95. The molecule has 0 radical (unpaired) electrons. The molecule has 2 N–H and O–H groups in total. The predicted molar refractivity (Wildman–Crippen MR) is 115 cm³/mol. The molecule has 0 aliphatic heterocycles. The molecular formula is C23H24N2O4S. The third-order valence-electron chi connectivity index (χ3n) is 4.49. The molecule has 30 heavy (non-hydrogen) atoms. The van der Waals surface area contributed by atoms with Gasteiger partial charge in [-0.2, -0.15) is 0 Å². The summed E-state index contributed by atoms with van der Waals surface area (Å²) in [5.41, 5.74) is 1.88. The first-order valence-electron chi connectivity index (χ1n) is 9.55. The minimum Gasteiger partial charge on any atom is -0.484 e. The van der Waals surface area contributed by atoms with Crippen LogP contribution < -0.4 is 14.8 Å². The molecule has 0 spiro atoms. The Labute approximate surface area is 177 Å². The van der Waals surface area contributed by atoms with E-state index in [1.165, 1.54) is 24.3 Å². The molecule has 0 saturated carbocycles. The SMILES string of the molecule is C[C@H](NC(=O)COc1ccc(S(=O)(=O)NCc2ccccc2)cc1)c1ccccc1. The third kappa shape index (κ3) is 6.17. The number of carbonyl (C=O) groups is 1. The van der Waals surface area contributed by atoms with Gasteiger partial charge < -0.3 is 10.1 Å². The summed E-state index contributed by atoms with van der Waals surface area (Å²) in [5, 5.41) is 2.86. The maximum absolute atomic E-state index is 12.4. The number of amides is 1. The van der Waals surface area contributed by atoms with Crippen LogP contribution in [-0.2, 0) is 21.4 Å². The van der Waals surface area contributed by atoms with Crippen LogP contribution in [0.2, 0.25) is 0 Å². The summed E-state index contributed by atoms with van der Waals surface area (Å²) in [4.78, 5) is 12.2. The second kappa shape index (κ2) is 10.0. The number of nitrogens with one attached hydrogen (secondary N) is 2. The Morgan fingerprint density at radius 3 is 2.13 bits per heavy atom. The highest BCUT2D eigenvalue weighted by Gasteiger charge is 2.14. The van der Waals surface area contributed by atoms with E-state index in [0.717, 1.165) is 11.1 Å². The molecular weight excluding hydrogens is 400 g/mol. The lowest BCUT2D eigenvalue weighted by Gasteiger charge is -2.14. The molecule has 6 nitrogen and oxygen atoms in total. The van der Waals surface area contributed by atoms with Crippen LogP contribution in [0.1, 0.15) is 24.1 Å². The van der Waals surface area contributed by atoms with Crippen LogP contribution in [0.4, 0.5) is 0 Å². The summed E-state index contributed by atoms with van der Waals surface area (Å²) in [6, 6.07) is 24.7. The zero-order valence-electron chi connectivity index (χ0n) is 16.6. The van der Waals surface area contributed by atoms with Crippen LogP contribution in [0.3, 0.4) is 0 Å². The van der Waals surface area contributed by atoms with Gasteiger partial charge in [0.2, 0.25) is 10.0 Å². The maximum Gasteiger partial charge on any atom is 0.258 e. The van der Waals surface area contributed by atoms with Gasteiger partial charge in [0, 0.05) is 6.54 Å². The summed E-state index contributed by atoms with van der Waals surface area (Å²) < 4.78 is 32.9. The Morgan fingerprint density at radius 2 is 1.50 bits per heavy atom. The Morgan fingerprint density at radius 1 is 0.900 bits per heavy atom. The fraction of sp³-hybridized carbons (Fsp3) is 0.174. The largest absolute Gasteiger partial charge is 0.484 e. The molecule has 7 heteroatoms. The lowest BCUT2D eigenvalue weighted by molar-refractivity contribution is -0.123. The van der Waals surface area contributed by atoms with E-state index < -0.39 is 10.0 Å². The number of sulfonamides is 1. The Hall–Kier alpha value is -3.16. The molecule has 0 unspecified atom stereocenters. The molecule has 0 aromatic heterocycles. The van der Waals surface area contributed by atoms with Crippen LogP contribution in [0, 0.1) is 0 Å². The van der Waals surface area contributed by atoms with Gasteiger partial charge in [0.05, 0.1) is 10.9 Å². The number of carbonyl (C=O) groups excluding carboxylic acids is 1. The van der Waals surface area contributed by atoms with Crippen molar-refractivity contribution in [1.82, 2.24) is 10.0 Å². The van der Waals surface area contributed by atoms with Gasteiger partial charge in [-0.1, -0.05) is 60.7 Å². The zero-order chi connectivity index (χ0) is 21.4. The highest BCUT2D eigenvalue weighted by atomic mass is 32.2. The molecule has 0 aliphatic carbocycles. The Bertz CT molecular complexity index is 1050. The van der Waals surface area contributed by atoms with Gasteiger partial charge in [0.15, 0.2) is 6.61 Å². The van der Waals surface area contributed by atoms with Crippen LogP contribution >= 0.6 is 0 Å². The molecule has 0 aliphatic rings. The van der Waals surface area contributed by atoms with Gasteiger partial charge in [-0.15, -0.1) is 0 Å². The van der Waals surface area contributed by atoms with E-state index in [2.05, 4.69) is 10.0 Å². The van der Waals surface area contributed by atoms with Crippen LogP contribution in [0.5, 0.6) is 5.75 Å². The Balaban J connectivity index is 1.50. The van der Waals surface area contributed by atoms with Crippen molar-refractivity contribution in [2.75, 3.05) is 6.61 Å². The normalized spacial score (nSPS) is 12.2. The van der Waals surface area contributed by atoms with Gasteiger partial charge >= 0.3 is 0 Å². The fourth-order valence-electron chi connectivity index (χ4n) is 2.83. The minimum absolute atomic E-state index is 0.132. The predicted octanol–water partition coefficient (Wildman–Crippen LogP) is 3.42. The molecule has 1 amide bonds. The lowest BCUT2D eigenvalue weighted by Crippen LogP contribution is -2.31. The smallest absolute Gasteiger partial charge is 0.258 e. The topological polar surface area (TPSA) is 84.5 Å². The van der Waals surface area contributed by atoms with Crippen LogP contribution in [0.15, 0.2) is 89.8 Å². The summed E-state index contributed by atoms with van der Waals surface area (Å²) in [5.74, 6) is 0.159. The van der Waals surface area contributed by atoms with Crippen molar-refractivity contribution < 1.29 is 17.9 Å². The second-order valence-corrected chi connectivity index (χ2v) is 8.54. The highest BCUT2D eigenvalue weighted by Crippen LogP contribution is 2.17. The first-order chi connectivity index (χ1) is 14.4. The van der Waals surface area contributed by atoms with Crippen molar-refractivity contribution in [2.45, 2.75) is 24.4 Å². The lowest BCUT2D eigenvalue weighted by atomic mass is 10.1. The monoisotopic (exact) mass is 424 g/mol. The van der Waals surface area contributed by atoms with E-state index in [4.69, 9.17) is 4.74 Å². The number of rotatable bonds is 9. The van der Waals surface area contributed by atoms with Gasteiger partial charge in [0.25, 0.3) is 5.91 Å². The highest BCUT2D eigenvalue weighted by molar-refractivity contribution is 7.89. The number of hydrogen-bond donors (Lipinski definition) is 2. The number of hydrogen-bond acceptors (Lipinski definition) is 4. The van der Waals surface area contributed by atoms with E-state index in [0.29, 0.717) is 5.75 Å². The summed E-state index contributed by atoms with van der Waals surface area (Å²) in [6.07, 6.45) is 0. The molecule has 0 fully saturated rings. The van der Waals surface area contributed by atoms with Gasteiger partial charge in [-0.25, -0.2) is 13.1 Å². The quantitative estimate of drug-likeness (QED) is 0.551. The van der Waals surface area contributed by atoms with Gasteiger partial charge in [-0.05, 0) is 42.3 Å². The molecule has 0 bridgehead atoms. The molecule has 156 valence electrons. The molecule has 3 rings (SSSR count). The van der Waals surface area contributed by atoms with E-state index in [1.807, 2.05) is 67.6 Å². The molecule has 0 heterocycles. The van der Waals surface area contributed by atoms with Gasteiger partial charge in [0.1, 0.15) is 5.75 Å². The zero-order valence-corrected chi connectivity index (χ0v) is 17.4. The van der Waals surface area contributed by atoms with Crippen LogP contribution in [-0.4, -0.2) is 20.9 Å². The van der Waals surface area contributed by atoms with Crippen molar-refractivity contribution in [1.29, 1.82) is 0 Å². The summed E-state index contributed by atoms with van der Waals surface area (Å²) >= 11 is 0. The number of benzene rings is 3. The van der Waals surface area contributed by atoms with Crippen molar-refractivity contribution in [3.8, 4) is 5.75 Å². The van der Waals surface area contributed by atoms with Crippen molar-refractivity contribution in [2.24, 2.45) is 0 Å². The van der Waals surface area contributed by atoms with Crippen LogP contribution in [0.25, 0.3) is 0 Å². The van der Waals surface area contributed by atoms with Crippen molar-refractivity contribution >= 4 is 15.9 Å². The average molecular weight is 425 g/mol. The van der Waals surface area contributed by atoms with E-state index in [9.17, 15) is 13.2 Å². The molecule has 0 saturated heterocycles. The van der Waals surface area contributed by atoms with Crippen molar-refractivity contribution in [3.05, 3.63) is 96.1 Å². The molecule has 3 aromatic rings. The average Bonchev–Trinajstić information content (AvgIpc) is 2.78. The first-order valence-corrected chi connectivity index (χ1v) is 11.0. The van der Waals surface area contributed by atoms with Gasteiger partial charge in [-0.3, -0.25) is 4.79 Å². The molecule has 3 aromatic carbocycles. The third-order valence-corrected chi connectivity index (χ3v) is 5.91. The second-order valence-electron chi connectivity index (χ2n) is 6.77. The maximum atomic E-state index is 12.4. The van der Waals surface area contributed by atoms with E-state index >= 15 is 0 Å². The first kappa shape index (κ1) is 21.5. The molecule has 1 atom stereocenters. The number of ether oxygens (including phenoxy) is 1. The summed E-state index contributed by atoms with van der Waals surface area (Å²) in [7, 11) is -3.64. The van der Waals surface area contributed by atoms with E-state index in [1.54, 1.807) is 0 Å².